The first kappa shape index (κ1) is 32.4. The van der Waals surface area contributed by atoms with Crippen molar-refractivity contribution in [3.8, 4) is 0 Å². The fraction of sp³-hybridized carbons (Fsp3) is 0.941. The molecule has 0 aromatic heterocycles. The molecule has 3 heteroatoms. The van der Waals surface area contributed by atoms with Gasteiger partial charge in [0.05, 0.1) is 10.8 Å². The van der Waals surface area contributed by atoms with Crippen LogP contribution < -0.4 is 0 Å². The topological polar surface area (TPSA) is 43.4 Å². The lowest BCUT2D eigenvalue weighted by Crippen LogP contribution is -2.40. The van der Waals surface area contributed by atoms with Gasteiger partial charge in [0.1, 0.15) is 0 Å². The lowest BCUT2D eigenvalue weighted by atomic mass is 9.74. The predicted molar refractivity (Wildman–Crippen MR) is 157 cm³/mol. The first-order chi connectivity index (χ1) is 18.1. The molecule has 0 spiro atoms. The molecule has 0 aliphatic heterocycles. The Morgan fingerprint density at radius 3 is 1.08 bits per heavy atom. The van der Waals surface area contributed by atoms with Crippen LogP contribution >= 0.6 is 0 Å². The second-order valence-corrected chi connectivity index (χ2v) is 12.8. The summed E-state index contributed by atoms with van der Waals surface area (Å²) in [6.45, 7) is 4.52. The van der Waals surface area contributed by atoms with E-state index < -0.39 is 10.8 Å². The fourth-order valence-electron chi connectivity index (χ4n) is 7.06. The van der Waals surface area contributed by atoms with Crippen LogP contribution in [0.1, 0.15) is 194 Å². The zero-order valence-electron chi connectivity index (χ0n) is 25.0. The Morgan fingerprint density at radius 2 is 0.757 bits per heavy atom. The van der Waals surface area contributed by atoms with Crippen LogP contribution in [-0.4, -0.2) is 11.9 Å². The van der Waals surface area contributed by atoms with Crippen LogP contribution in [0.4, 0.5) is 0 Å². The molecule has 3 nitrogen and oxygen atoms in total. The molecule has 37 heavy (non-hydrogen) atoms. The first-order valence-corrected chi connectivity index (χ1v) is 16.9. The van der Waals surface area contributed by atoms with Crippen molar-refractivity contribution in [2.75, 3.05) is 0 Å². The summed E-state index contributed by atoms with van der Waals surface area (Å²) in [5, 5.41) is 0. The van der Waals surface area contributed by atoms with E-state index in [9.17, 15) is 9.59 Å². The van der Waals surface area contributed by atoms with Crippen molar-refractivity contribution in [2.45, 2.75) is 194 Å². The molecule has 0 N–H and O–H groups in total. The second-order valence-electron chi connectivity index (χ2n) is 12.8. The van der Waals surface area contributed by atoms with Crippen LogP contribution in [0, 0.1) is 10.8 Å². The standard InChI is InChI=1S/C34H62O3/c1-3-5-7-9-11-13-19-25-33(27-21-15-16-22-28-33)31(35)37-32(36)34(29-23-17-18-24-30-34)26-20-14-12-10-8-6-4-2/h3-30H2,1-2H3. The van der Waals surface area contributed by atoms with Crippen molar-refractivity contribution in [2.24, 2.45) is 10.8 Å². The van der Waals surface area contributed by atoms with E-state index in [-0.39, 0.29) is 11.9 Å². The zero-order valence-corrected chi connectivity index (χ0v) is 25.0. The van der Waals surface area contributed by atoms with Gasteiger partial charge in [-0.2, -0.15) is 0 Å². The van der Waals surface area contributed by atoms with Gasteiger partial charge in [-0.1, -0.05) is 155 Å². The Balaban J connectivity index is 1.97. The van der Waals surface area contributed by atoms with Crippen LogP contribution in [0.5, 0.6) is 0 Å². The molecule has 2 rings (SSSR count). The first-order valence-electron chi connectivity index (χ1n) is 16.9. The van der Waals surface area contributed by atoms with Crippen LogP contribution in [0.3, 0.4) is 0 Å². The largest absolute Gasteiger partial charge is 0.392 e. The van der Waals surface area contributed by atoms with Crippen molar-refractivity contribution in [3.63, 3.8) is 0 Å². The maximum atomic E-state index is 13.8. The summed E-state index contributed by atoms with van der Waals surface area (Å²) in [5.74, 6) is -0.317. The summed E-state index contributed by atoms with van der Waals surface area (Å²) in [4.78, 5) is 27.6. The van der Waals surface area contributed by atoms with E-state index in [4.69, 9.17) is 4.74 Å². The summed E-state index contributed by atoms with van der Waals surface area (Å²) in [6.07, 6.45) is 32.4. The maximum Gasteiger partial charge on any atom is 0.319 e. The predicted octanol–water partition coefficient (Wildman–Crippen LogP) is 11.0. The van der Waals surface area contributed by atoms with Gasteiger partial charge in [0.15, 0.2) is 0 Å². The quantitative estimate of drug-likeness (QED) is 0.0784. The van der Waals surface area contributed by atoms with Crippen molar-refractivity contribution in [3.05, 3.63) is 0 Å². The van der Waals surface area contributed by atoms with Gasteiger partial charge in [-0.3, -0.25) is 9.59 Å². The van der Waals surface area contributed by atoms with Crippen molar-refractivity contribution in [1.29, 1.82) is 0 Å². The van der Waals surface area contributed by atoms with Crippen LogP contribution in [0.25, 0.3) is 0 Å². The Hall–Kier alpha value is -0.860. The molecule has 2 saturated carbocycles. The molecule has 0 aromatic rings. The lowest BCUT2D eigenvalue weighted by Gasteiger charge is -2.34. The number of unbranched alkanes of at least 4 members (excludes halogenated alkanes) is 12. The molecular formula is C34H62O3. The van der Waals surface area contributed by atoms with Gasteiger partial charge < -0.3 is 4.74 Å². The summed E-state index contributed by atoms with van der Waals surface area (Å²) < 4.78 is 5.99. The molecule has 0 saturated heterocycles. The third-order valence-electron chi connectivity index (χ3n) is 9.69. The van der Waals surface area contributed by atoms with E-state index >= 15 is 0 Å². The monoisotopic (exact) mass is 518 g/mol. The fourth-order valence-corrected chi connectivity index (χ4v) is 7.06. The van der Waals surface area contributed by atoms with E-state index in [2.05, 4.69) is 13.8 Å². The second kappa shape index (κ2) is 19.2. The molecular weight excluding hydrogens is 456 g/mol. The van der Waals surface area contributed by atoms with Gasteiger partial charge in [0.2, 0.25) is 0 Å². The molecule has 216 valence electrons. The van der Waals surface area contributed by atoms with E-state index in [0.29, 0.717) is 0 Å². The SMILES string of the molecule is CCCCCCCCCC1(C(=O)OC(=O)C2(CCCCCCCCC)CCCCCC2)CCCCCC1. The molecule has 0 radical (unpaired) electrons. The number of esters is 2. The molecule has 0 heterocycles. The lowest BCUT2D eigenvalue weighted by molar-refractivity contribution is -0.176. The summed E-state index contributed by atoms with van der Waals surface area (Å²) in [7, 11) is 0. The average Bonchev–Trinajstić information content (AvgIpc) is 3.30. The minimum Gasteiger partial charge on any atom is -0.392 e. The maximum absolute atomic E-state index is 13.8. The number of carbonyl (C=O) groups excluding carboxylic acids is 2. The number of hydrogen-bond donors (Lipinski definition) is 0. The molecule has 0 bridgehead atoms. The van der Waals surface area contributed by atoms with Crippen molar-refractivity contribution in [1.82, 2.24) is 0 Å². The molecule has 2 fully saturated rings. The van der Waals surface area contributed by atoms with Gasteiger partial charge >= 0.3 is 11.9 Å². The van der Waals surface area contributed by atoms with Gasteiger partial charge in [-0.25, -0.2) is 0 Å². The van der Waals surface area contributed by atoms with Gasteiger partial charge in [-0.15, -0.1) is 0 Å². The third-order valence-corrected chi connectivity index (χ3v) is 9.69. The van der Waals surface area contributed by atoms with Crippen LogP contribution in [0.2, 0.25) is 0 Å². The molecule has 2 aliphatic carbocycles. The highest BCUT2D eigenvalue weighted by Gasteiger charge is 2.45. The summed E-state index contributed by atoms with van der Waals surface area (Å²) >= 11 is 0. The van der Waals surface area contributed by atoms with Crippen molar-refractivity contribution < 1.29 is 14.3 Å². The Kier molecular flexibility index (Phi) is 16.8. The van der Waals surface area contributed by atoms with Crippen LogP contribution in [0.15, 0.2) is 0 Å². The highest BCUT2D eigenvalue weighted by atomic mass is 16.6. The van der Waals surface area contributed by atoms with Gasteiger partial charge in [0.25, 0.3) is 0 Å². The van der Waals surface area contributed by atoms with E-state index in [1.54, 1.807) is 0 Å². The van der Waals surface area contributed by atoms with Gasteiger partial charge in [-0.05, 0) is 38.5 Å². The van der Waals surface area contributed by atoms with E-state index in [1.807, 2.05) is 0 Å². The minimum absolute atomic E-state index is 0.159. The number of carbonyl (C=O) groups is 2. The Labute approximate surface area is 230 Å². The molecule has 0 aromatic carbocycles. The smallest absolute Gasteiger partial charge is 0.319 e. The van der Waals surface area contributed by atoms with Gasteiger partial charge in [0, 0.05) is 0 Å². The van der Waals surface area contributed by atoms with E-state index in [0.717, 1.165) is 77.0 Å². The van der Waals surface area contributed by atoms with Crippen molar-refractivity contribution >= 4 is 11.9 Å². The normalized spacial score (nSPS) is 19.6. The molecule has 0 unspecified atom stereocenters. The molecule has 0 amide bonds. The van der Waals surface area contributed by atoms with E-state index in [1.165, 1.54) is 103 Å². The number of hydrogen-bond acceptors (Lipinski definition) is 3. The molecule has 0 atom stereocenters. The summed E-state index contributed by atoms with van der Waals surface area (Å²) in [5.41, 5.74) is -0.832. The number of rotatable bonds is 18. The third kappa shape index (κ3) is 11.8. The highest BCUT2D eigenvalue weighted by molar-refractivity contribution is 5.91. The Morgan fingerprint density at radius 1 is 0.459 bits per heavy atom. The minimum atomic E-state index is -0.416. The Bertz CT molecular complexity index is 542. The number of ether oxygens (including phenoxy) is 1. The zero-order chi connectivity index (χ0) is 26.7. The summed E-state index contributed by atoms with van der Waals surface area (Å²) in [6, 6.07) is 0. The van der Waals surface area contributed by atoms with Crippen LogP contribution in [-0.2, 0) is 14.3 Å². The highest BCUT2D eigenvalue weighted by Crippen LogP contribution is 2.44. The average molecular weight is 519 g/mol. The molecule has 2 aliphatic rings.